The van der Waals surface area contributed by atoms with E-state index < -0.39 is 5.79 Å². The van der Waals surface area contributed by atoms with Gasteiger partial charge in [0.05, 0.1) is 0 Å². The Balaban J connectivity index is 2.09. The molecule has 1 aliphatic rings. The van der Waals surface area contributed by atoms with Crippen molar-refractivity contribution in [3.05, 3.63) is 42.5 Å². The van der Waals surface area contributed by atoms with Crippen molar-refractivity contribution < 1.29 is 9.47 Å². The largest absolute Gasteiger partial charge is 0.459 e. The molecule has 1 aliphatic heterocycles. The van der Waals surface area contributed by atoms with Crippen LogP contribution in [0.1, 0.15) is 6.92 Å². The van der Waals surface area contributed by atoms with E-state index >= 15 is 0 Å². The van der Waals surface area contributed by atoms with Crippen LogP contribution in [0.25, 0.3) is 10.8 Å². The Morgan fingerprint density at radius 3 is 2.67 bits per heavy atom. The lowest BCUT2D eigenvalue weighted by Gasteiger charge is -2.11. The van der Waals surface area contributed by atoms with Crippen molar-refractivity contribution in [3.8, 4) is 5.75 Å². The van der Waals surface area contributed by atoms with Crippen molar-refractivity contribution in [2.24, 2.45) is 0 Å². The summed E-state index contributed by atoms with van der Waals surface area (Å²) < 4.78 is 11.0. The molecule has 1 saturated heterocycles. The zero-order valence-electron chi connectivity index (χ0n) is 8.57. The number of epoxide rings is 1. The topological polar surface area (TPSA) is 21.8 Å². The fraction of sp³-hybridized carbons (Fsp3) is 0.231. The smallest absolute Gasteiger partial charge is 0.231 e. The first kappa shape index (κ1) is 8.74. The van der Waals surface area contributed by atoms with E-state index in [-0.39, 0.29) is 0 Å². The molecule has 2 aromatic rings. The number of rotatable bonds is 2. The highest BCUT2D eigenvalue weighted by molar-refractivity contribution is 5.88. The third-order valence-corrected chi connectivity index (χ3v) is 2.63. The van der Waals surface area contributed by atoms with E-state index in [0.29, 0.717) is 6.61 Å². The highest BCUT2D eigenvalue weighted by Gasteiger charge is 2.42. The van der Waals surface area contributed by atoms with E-state index in [1.165, 1.54) is 5.39 Å². The highest BCUT2D eigenvalue weighted by Crippen LogP contribution is 2.34. The lowest BCUT2D eigenvalue weighted by Crippen LogP contribution is -2.14. The molecule has 3 rings (SSSR count). The minimum atomic E-state index is -0.399. The Hall–Kier alpha value is -1.54. The molecule has 76 valence electrons. The molecule has 1 fully saturated rings. The lowest BCUT2D eigenvalue weighted by molar-refractivity contribution is 0.0819. The molecule has 2 aromatic carbocycles. The summed E-state index contributed by atoms with van der Waals surface area (Å²) in [6.45, 7) is 2.63. The average molecular weight is 200 g/mol. The summed E-state index contributed by atoms with van der Waals surface area (Å²) in [4.78, 5) is 0. The summed E-state index contributed by atoms with van der Waals surface area (Å²) >= 11 is 0. The molecule has 1 atom stereocenters. The first-order chi connectivity index (χ1) is 7.27. The number of ether oxygens (including phenoxy) is 2. The Bertz CT molecular complexity index is 495. The quantitative estimate of drug-likeness (QED) is 0.695. The van der Waals surface area contributed by atoms with Crippen LogP contribution in [0.5, 0.6) is 5.75 Å². The second-order valence-corrected chi connectivity index (χ2v) is 4.00. The fourth-order valence-electron chi connectivity index (χ4n) is 1.68. The van der Waals surface area contributed by atoms with Gasteiger partial charge in [-0.05, 0) is 11.5 Å². The summed E-state index contributed by atoms with van der Waals surface area (Å²) in [6.07, 6.45) is 0. The van der Waals surface area contributed by atoms with Crippen molar-refractivity contribution >= 4 is 10.8 Å². The number of benzene rings is 2. The molecule has 0 amide bonds. The third kappa shape index (κ3) is 1.57. The number of hydrogen-bond donors (Lipinski definition) is 0. The fourth-order valence-corrected chi connectivity index (χ4v) is 1.68. The Morgan fingerprint density at radius 2 is 1.87 bits per heavy atom. The second-order valence-electron chi connectivity index (χ2n) is 4.00. The maximum Gasteiger partial charge on any atom is 0.231 e. The zero-order chi connectivity index (χ0) is 10.3. The molecule has 0 aliphatic carbocycles. The minimum absolute atomic E-state index is 0.399. The van der Waals surface area contributed by atoms with Crippen molar-refractivity contribution in [1.82, 2.24) is 0 Å². The molecule has 1 heterocycles. The van der Waals surface area contributed by atoms with Crippen LogP contribution in [-0.4, -0.2) is 12.4 Å². The van der Waals surface area contributed by atoms with Crippen molar-refractivity contribution in [2.45, 2.75) is 12.7 Å². The molecular weight excluding hydrogens is 188 g/mol. The molecule has 2 heteroatoms. The predicted molar refractivity (Wildman–Crippen MR) is 58.9 cm³/mol. The van der Waals surface area contributed by atoms with E-state index in [1.807, 2.05) is 31.2 Å². The normalized spacial score (nSPS) is 24.1. The molecule has 0 N–H and O–H groups in total. The second kappa shape index (κ2) is 2.97. The Kier molecular flexibility index (Phi) is 1.73. The first-order valence-electron chi connectivity index (χ1n) is 5.08. The summed E-state index contributed by atoms with van der Waals surface area (Å²) in [5, 5.41) is 2.33. The molecule has 0 radical (unpaired) electrons. The molecular formula is C13H12O2. The molecule has 15 heavy (non-hydrogen) atoms. The minimum Gasteiger partial charge on any atom is -0.459 e. The van der Waals surface area contributed by atoms with Gasteiger partial charge in [-0.1, -0.05) is 36.4 Å². The Morgan fingerprint density at radius 1 is 1.13 bits per heavy atom. The van der Waals surface area contributed by atoms with Crippen LogP contribution < -0.4 is 4.74 Å². The number of fused-ring (bicyclic) bond motifs is 1. The SMILES string of the molecule is CC1(Oc2cccc3ccccc23)CO1. The van der Waals surface area contributed by atoms with Gasteiger partial charge in [-0.15, -0.1) is 0 Å². The summed E-state index contributed by atoms with van der Waals surface area (Å²) in [5.41, 5.74) is 0. The van der Waals surface area contributed by atoms with Crippen LogP contribution in [0.2, 0.25) is 0 Å². The monoisotopic (exact) mass is 200 g/mol. The van der Waals surface area contributed by atoms with Gasteiger partial charge in [0.1, 0.15) is 12.4 Å². The van der Waals surface area contributed by atoms with Crippen molar-refractivity contribution in [3.63, 3.8) is 0 Å². The summed E-state index contributed by atoms with van der Waals surface area (Å²) in [7, 11) is 0. The van der Waals surface area contributed by atoms with E-state index in [9.17, 15) is 0 Å². The van der Waals surface area contributed by atoms with Gasteiger partial charge in [0, 0.05) is 12.3 Å². The molecule has 0 spiro atoms. The van der Waals surface area contributed by atoms with Gasteiger partial charge >= 0.3 is 0 Å². The first-order valence-corrected chi connectivity index (χ1v) is 5.08. The van der Waals surface area contributed by atoms with Crippen LogP contribution >= 0.6 is 0 Å². The predicted octanol–water partition coefficient (Wildman–Crippen LogP) is 2.97. The van der Waals surface area contributed by atoms with E-state index in [0.717, 1.165) is 11.1 Å². The van der Waals surface area contributed by atoms with Crippen LogP contribution in [-0.2, 0) is 4.74 Å². The maximum absolute atomic E-state index is 5.80. The molecule has 0 aromatic heterocycles. The molecule has 0 bridgehead atoms. The van der Waals surface area contributed by atoms with E-state index in [1.54, 1.807) is 0 Å². The number of hydrogen-bond acceptors (Lipinski definition) is 2. The van der Waals surface area contributed by atoms with Gasteiger partial charge in [-0.3, -0.25) is 0 Å². The van der Waals surface area contributed by atoms with Gasteiger partial charge in [-0.2, -0.15) is 0 Å². The van der Waals surface area contributed by atoms with Crippen LogP contribution in [0.3, 0.4) is 0 Å². The summed E-state index contributed by atoms with van der Waals surface area (Å²) in [6, 6.07) is 14.3. The van der Waals surface area contributed by atoms with Crippen molar-refractivity contribution in [2.75, 3.05) is 6.61 Å². The lowest BCUT2D eigenvalue weighted by atomic mass is 10.1. The molecule has 1 unspecified atom stereocenters. The van der Waals surface area contributed by atoms with Crippen molar-refractivity contribution in [1.29, 1.82) is 0 Å². The van der Waals surface area contributed by atoms with Gasteiger partial charge < -0.3 is 9.47 Å². The third-order valence-electron chi connectivity index (χ3n) is 2.63. The molecule has 0 saturated carbocycles. The van der Waals surface area contributed by atoms with E-state index in [4.69, 9.17) is 9.47 Å². The maximum atomic E-state index is 5.80. The highest BCUT2D eigenvalue weighted by atomic mass is 16.8. The zero-order valence-corrected chi connectivity index (χ0v) is 8.57. The van der Waals surface area contributed by atoms with Crippen LogP contribution in [0.4, 0.5) is 0 Å². The van der Waals surface area contributed by atoms with Gasteiger partial charge in [-0.25, -0.2) is 0 Å². The average Bonchev–Trinajstić information content (AvgIpc) is 2.97. The van der Waals surface area contributed by atoms with Gasteiger partial charge in [0.25, 0.3) is 0 Å². The standard InChI is InChI=1S/C13H12O2/c1-13(9-14-13)15-12-8-4-6-10-5-2-3-7-11(10)12/h2-8H,9H2,1H3. The van der Waals surface area contributed by atoms with Crippen LogP contribution in [0, 0.1) is 0 Å². The molecule has 2 nitrogen and oxygen atoms in total. The van der Waals surface area contributed by atoms with Gasteiger partial charge in [0.2, 0.25) is 5.79 Å². The van der Waals surface area contributed by atoms with Crippen LogP contribution in [0.15, 0.2) is 42.5 Å². The van der Waals surface area contributed by atoms with Gasteiger partial charge in [0.15, 0.2) is 0 Å². The van der Waals surface area contributed by atoms with E-state index in [2.05, 4.69) is 18.2 Å². The summed E-state index contributed by atoms with van der Waals surface area (Å²) in [5.74, 6) is 0.498. The Labute approximate surface area is 88.4 Å².